The van der Waals surface area contributed by atoms with E-state index < -0.39 is 0 Å². The largest absolute Gasteiger partial charge is 0.317 e. The molecule has 1 nitrogen and oxygen atoms in total. The molecule has 58 valence electrons. The van der Waals surface area contributed by atoms with E-state index in [-0.39, 0.29) is 12.4 Å². The highest BCUT2D eigenvalue weighted by molar-refractivity contribution is 5.85. The van der Waals surface area contributed by atoms with Crippen LogP contribution < -0.4 is 5.32 Å². The van der Waals surface area contributed by atoms with E-state index in [2.05, 4.69) is 26.1 Å². The topological polar surface area (TPSA) is 12.0 Å². The molecule has 1 unspecified atom stereocenters. The monoisotopic (exact) mass is 151 g/mol. The average Bonchev–Trinajstić information content (AvgIpc) is 1.83. The van der Waals surface area contributed by atoms with Crippen molar-refractivity contribution in [1.29, 1.82) is 0 Å². The molecule has 0 aromatic heterocycles. The number of hydrogen-bond donors (Lipinski definition) is 1. The molecule has 2 heteroatoms. The maximum absolute atomic E-state index is 3.30. The fourth-order valence-electron chi connectivity index (χ4n) is 0.535. The summed E-state index contributed by atoms with van der Waals surface area (Å²) >= 11 is 0. The van der Waals surface area contributed by atoms with Crippen molar-refractivity contribution in [3.05, 3.63) is 0 Å². The Morgan fingerprint density at radius 1 is 1.33 bits per heavy atom. The van der Waals surface area contributed by atoms with Gasteiger partial charge in [0.25, 0.3) is 0 Å². The molecule has 0 fully saturated rings. The first-order chi connectivity index (χ1) is 3.81. The smallest absolute Gasteiger partial charge is 0.00234 e. The van der Waals surface area contributed by atoms with E-state index >= 15 is 0 Å². The van der Waals surface area contributed by atoms with Gasteiger partial charge in [0.15, 0.2) is 0 Å². The Labute approximate surface area is 64.6 Å². The average molecular weight is 152 g/mol. The summed E-state index contributed by atoms with van der Waals surface area (Å²) in [4.78, 5) is 0. The minimum absolute atomic E-state index is 0. The molecule has 0 radical (unpaired) electrons. The summed E-state index contributed by atoms with van der Waals surface area (Å²) < 4.78 is 0. The molecule has 0 saturated heterocycles. The Kier molecular flexibility index (Phi) is 11.0. The summed E-state index contributed by atoms with van der Waals surface area (Å²) in [5.41, 5.74) is 0. The van der Waals surface area contributed by atoms with Gasteiger partial charge in [-0.1, -0.05) is 27.2 Å². The van der Waals surface area contributed by atoms with Gasteiger partial charge in [-0.2, -0.15) is 0 Å². The van der Waals surface area contributed by atoms with Crippen LogP contribution in [-0.4, -0.2) is 13.1 Å². The Bertz CT molecular complexity index is 48.2. The maximum atomic E-state index is 3.30. The molecule has 0 rings (SSSR count). The van der Waals surface area contributed by atoms with Crippen LogP contribution in [0.25, 0.3) is 0 Å². The third kappa shape index (κ3) is 8.25. The van der Waals surface area contributed by atoms with Crippen LogP contribution in [-0.2, 0) is 0 Å². The summed E-state index contributed by atoms with van der Waals surface area (Å²) in [6.07, 6.45) is 1.28. The molecule has 0 aliphatic heterocycles. The minimum atomic E-state index is 0. The van der Waals surface area contributed by atoms with Gasteiger partial charge in [0.2, 0.25) is 0 Å². The van der Waals surface area contributed by atoms with Gasteiger partial charge in [0.05, 0.1) is 0 Å². The van der Waals surface area contributed by atoms with Crippen LogP contribution >= 0.6 is 12.4 Å². The summed E-state index contributed by atoms with van der Waals surface area (Å²) in [6, 6.07) is 0. The lowest BCUT2D eigenvalue weighted by molar-refractivity contribution is 0.510. The molecule has 0 heterocycles. The molecule has 0 spiro atoms. The first-order valence-electron chi connectivity index (χ1n) is 3.52. The van der Waals surface area contributed by atoms with E-state index in [4.69, 9.17) is 0 Å². The quantitative estimate of drug-likeness (QED) is 0.649. The summed E-state index contributed by atoms with van der Waals surface area (Å²) in [5, 5.41) is 3.30. The Morgan fingerprint density at radius 3 is 2.22 bits per heavy atom. The van der Waals surface area contributed by atoms with Crippen LogP contribution in [0.4, 0.5) is 0 Å². The zero-order valence-electron chi connectivity index (χ0n) is 6.61. The SMILES string of the molecule is CCNCC(C)CC.Cl. The normalized spacial score (nSPS) is 12.3. The Hall–Kier alpha value is 0.250. The number of rotatable bonds is 4. The van der Waals surface area contributed by atoms with Gasteiger partial charge in [-0.15, -0.1) is 12.4 Å². The van der Waals surface area contributed by atoms with Crippen molar-refractivity contribution in [3.63, 3.8) is 0 Å². The second-order valence-electron chi connectivity index (χ2n) is 2.32. The van der Waals surface area contributed by atoms with E-state index in [9.17, 15) is 0 Å². The summed E-state index contributed by atoms with van der Waals surface area (Å²) in [7, 11) is 0. The van der Waals surface area contributed by atoms with Crippen LogP contribution in [0.1, 0.15) is 27.2 Å². The zero-order valence-corrected chi connectivity index (χ0v) is 7.42. The second kappa shape index (κ2) is 8.25. The summed E-state index contributed by atoms with van der Waals surface area (Å²) in [5.74, 6) is 0.843. The second-order valence-corrected chi connectivity index (χ2v) is 2.32. The van der Waals surface area contributed by atoms with Crippen molar-refractivity contribution in [1.82, 2.24) is 5.32 Å². The Morgan fingerprint density at radius 2 is 1.89 bits per heavy atom. The van der Waals surface area contributed by atoms with Gasteiger partial charge < -0.3 is 5.32 Å². The van der Waals surface area contributed by atoms with Crippen LogP contribution in [0.2, 0.25) is 0 Å². The van der Waals surface area contributed by atoms with Crippen LogP contribution in [0.3, 0.4) is 0 Å². The molecule has 0 bridgehead atoms. The van der Waals surface area contributed by atoms with Gasteiger partial charge in [0.1, 0.15) is 0 Å². The van der Waals surface area contributed by atoms with E-state index in [1.165, 1.54) is 13.0 Å². The van der Waals surface area contributed by atoms with Crippen molar-refractivity contribution in [2.75, 3.05) is 13.1 Å². The molecule has 0 aliphatic rings. The minimum Gasteiger partial charge on any atom is -0.317 e. The molecule has 0 amide bonds. The molecule has 0 saturated carbocycles. The fourth-order valence-corrected chi connectivity index (χ4v) is 0.535. The first kappa shape index (κ1) is 12.0. The molecular weight excluding hydrogens is 134 g/mol. The third-order valence-corrected chi connectivity index (χ3v) is 1.44. The summed E-state index contributed by atoms with van der Waals surface area (Å²) in [6.45, 7) is 8.91. The van der Waals surface area contributed by atoms with E-state index in [0.717, 1.165) is 12.5 Å². The van der Waals surface area contributed by atoms with Gasteiger partial charge in [-0.25, -0.2) is 0 Å². The molecule has 1 atom stereocenters. The molecule has 1 N–H and O–H groups in total. The van der Waals surface area contributed by atoms with Crippen molar-refractivity contribution in [3.8, 4) is 0 Å². The highest BCUT2D eigenvalue weighted by Crippen LogP contribution is 1.95. The predicted octanol–water partition coefficient (Wildman–Crippen LogP) is 2.06. The van der Waals surface area contributed by atoms with Crippen LogP contribution in [0.5, 0.6) is 0 Å². The highest BCUT2D eigenvalue weighted by Gasteiger charge is 1.93. The van der Waals surface area contributed by atoms with Gasteiger partial charge >= 0.3 is 0 Å². The van der Waals surface area contributed by atoms with E-state index in [1.54, 1.807) is 0 Å². The van der Waals surface area contributed by atoms with Crippen molar-refractivity contribution < 1.29 is 0 Å². The molecule has 0 aliphatic carbocycles. The van der Waals surface area contributed by atoms with Gasteiger partial charge in [0, 0.05) is 0 Å². The number of nitrogens with one attached hydrogen (secondary N) is 1. The van der Waals surface area contributed by atoms with Crippen LogP contribution in [0, 0.1) is 5.92 Å². The zero-order chi connectivity index (χ0) is 6.41. The first-order valence-corrected chi connectivity index (χ1v) is 3.52. The van der Waals surface area contributed by atoms with Gasteiger partial charge in [-0.05, 0) is 19.0 Å². The van der Waals surface area contributed by atoms with E-state index in [0.29, 0.717) is 0 Å². The number of halogens is 1. The van der Waals surface area contributed by atoms with Crippen molar-refractivity contribution in [2.45, 2.75) is 27.2 Å². The predicted molar refractivity (Wildman–Crippen MR) is 45.2 cm³/mol. The van der Waals surface area contributed by atoms with Gasteiger partial charge in [-0.3, -0.25) is 0 Å². The molecule has 0 aromatic carbocycles. The van der Waals surface area contributed by atoms with Crippen LogP contribution in [0.15, 0.2) is 0 Å². The fraction of sp³-hybridized carbons (Fsp3) is 1.00. The lowest BCUT2D eigenvalue weighted by Crippen LogP contribution is -2.19. The lowest BCUT2D eigenvalue weighted by Gasteiger charge is -2.06. The Balaban J connectivity index is 0. The van der Waals surface area contributed by atoms with Crippen molar-refractivity contribution in [2.24, 2.45) is 5.92 Å². The molecule has 9 heavy (non-hydrogen) atoms. The van der Waals surface area contributed by atoms with Crippen molar-refractivity contribution >= 4 is 12.4 Å². The van der Waals surface area contributed by atoms with E-state index in [1.807, 2.05) is 0 Å². The maximum Gasteiger partial charge on any atom is -0.00234 e. The number of hydrogen-bond acceptors (Lipinski definition) is 1. The molecular formula is C7H18ClN. The highest BCUT2D eigenvalue weighted by atomic mass is 35.5. The third-order valence-electron chi connectivity index (χ3n) is 1.44. The molecule has 0 aromatic rings. The lowest BCUT2D eigenvalue weighted by atomic mass is 10.1. The standard InChI is InChI=1S/C7H17N.ClH/c1-4-7(3)6-8-5-2;/h7-8H,4-6H2,1-3H3;1H.